The highest BCUT2D eigenvalue weighted by Crippen LogP contribution is 2.46. The van der Waals surface area contributed by atoms with Gasteiger partial charge >= 0.3 is 0 Å². The van der Waals surface area contributed by atoms with Crippen LogP contribution in [0.2, 0.25) is 0 Å². The fourth-order valence-corrected chi connectivity index (χ4v) is 3.48. The fraction of sp³-hybridized carbons (Fsp3) is 0.643. The van der Waals surface area contributed by atoms with Crippen molar-refractivity contribution in [2.45, 2.75) is 38.9 Å². The van der Waals surface area contributed by atoms with E-state index < -0.39 is 0 Å². The molecule has 2 heterocycles. The Morgan fingerprint density at radius 1 is 1.48 bits per heavy atom. The van der Waals surface area contributed by atoms with E-state index in [2.05, 4.69) is 10.2 Å². The molecule has 1 aromatic heterocycles. The van der Waals surface area contributed by atoms with Gasteiger partial charge in [-0.2, -0.15) is 0 Å². The lowest BCUT2D eigenvalue weighted by Crippen LogP contribution is -2.35. The van der Waals surface area contributed by atoms with E-state index in [1.54, 1.807) is 7.05 Å². The van der Waals surface area contributed by atoms with Crippen LogP contribution in [0.3, 0.4) is 0 Å². The van der Waals surface area contributed by atoms with Gasteiger partial charge in [-0.15, -0.1) is 11.3 Å². The normalized spacial score (nSPS) is 16.3. The minimum atomic E-state index is -0.244. The second kappa shape index (κ2) is 6.53. The van der Waals surface area contributed by atoms with Crippen molar-refractivity contribution in [2.24, 2.45) is 0 Å². The Balaban J connectivity index is 2.35. The number of aliphatic hydroxyl groups excluding tert-OH is 1. The molecule has 1 fully saturated rings. The maximum atomic E-state index is 11.9. The van der Waals surface area contributed by atoms with Gasteiger partial charge in [-0.1, -0.05) is 0 Å². The van der Waals surface area contributed by atoms with Crippen molar-refractivity contribution in [1.29, 1.82) is 0 Å². The molecule has 1 aliphatic rings. The summed E-state index contributed by atoms with van der Waals surface area (Å²) in [5, 5.41) is 13.1. The minimum absolute atomic E-state index is 0.0198. The maximum Gasteiger partial charge on any atom is 0.263 e. The van der Waals surface area contributed by atoms with Crippen LogP contribution in [-0.4, -0.2) is 43.4 Å². The van der Waals surface area contributed by atoms with E-state index in [9.17, 15) is 9.90 Å². The van der Waals surface area contributed by atoms with Crippen LogP contribution in [0.5, 0.6) is 5.75 Å². The molecule has 2 rings (SSSR count). The monoisotopic (exact) mass is 313 g/mol. The lowest BCUT2D eigenvalue weighted by molar-refractivity contribution is 0.0967. The lowest BCUT2D eigenvalue weighted by atomic mass is 10.1. The van der Waals surface area contributed by atoms with Crippen molar-refractivity contribution in [3.8, 4) is 5.75 Å². The number of hydrogen-bond acceptors (Lipinski definition) is 6. The maximum absolute atomic E-state index is 11.9. The number of piperidine rings is 1. The predicted octanol–water partition coefficient (Wildman–Crippen LogP) is 1.44. The number of nitrogens with zero attached hydrogens (tertiary/aromatic N) is 1. The molecule has 1 amide bonds. The Kier molecular flexibility index (Phi) is 4.95. The van der Waals surface area contributed by atoms with E-state index in [1.807, 2.05) is 13.8 Å². The average Bonchev–Trinajstić information content (AvgIpc) is 2.76. The van der Waals surface area contributed by atoms with Gasteiger partial charge in [0, 0.05) is 20.1 Å². The van der Waals surface area contributed by atoms with Crippen molar-refractivity contribution < 1.29 is 14.6 Å². The van der Waals surface area contributed by atoms with Crippen LogP contribution >= 0.6 is 11.3 Å². The van der Waals surface area contributed by atoms with Crippen LogP contribution in [0, 0.1) is 0 Å². The molecule has 0 unspecified atom stereocenters. The highest BCUT2D eigenvalue weighted by molar-refractivity contribution is 7.19. The summed E-state index contributed by atoms with van der Waals surface area (Å²) in [5.41, 5.74) is 6.51. The molecular formula is C14H23N3O3S. The molecule has 6 nitrogen and oxygen atoms in total. The standard InChI is InChI=1S/C14H23N3O3S/c1-8(2)20-11-10(15)12(13(19)16-3)21-14(11)17-6-4-9(18)5-7-17/h8-9,18H,4-7,15H2,1-3H3,(H,16,19). The lowest BCUT2D eigenvalue weighted by Gasteiger charge is -2.31. The number of ether oxygens (including phenoxy) is 1. The minimum Gasteiger partial charge on any atom is -0.486 e. The smallest absolute Gasteiger partial charge is 0.263 e. The number of nitrogens with two attached hydrogens (primary N) is 1. The second-order valence-electron chi connectivity index (χ2n) is 5.44. The summed E-state index contributed by atoms with van der Waals surface area (Å²) < 4.78 is 5.83. The van der Waals surface area contributed by atoms with Crippen LogP contribution in [0.4, 0.5) is 10.7 Å². The van der Waals surface area contributed by atoms with Crippen molar-refractivity contribution >= 4 is 27.9 Å². The van der Waals surface area contributed by atoms with E-state index in [4.69, 9.17) is 10.5 Å². The fourth-order valence-electron chi connectivity index (χ4n) is 2.33. The van der Waals surface area contributed by atoms with Gasteiger partial charge in [0.1, 0.15) is 15.6 Å². The van der Waals surface area contributed by atoms with Crippen LogP contribution in [-0.2, 0) is 0 Å². The Labute approximate surface area is 128 Å². The Morgan fingerprint density at radius 3 is 2.62 bits per heavy atom. The first kappa shape index (κ1) is 15.9. The third-order valence-electron chi connectivity index (χ3n) is 3.42. The molecule has 0 bridgehead atoms. The summed E-state index contributed by atoms with van der Waals surface area (Å²) in [6.07, 6.45) is 1.17. The van der Waals surface area contributed by atoms with Gasteiger partial charge in [-0.3, -0.25) is 4.79 Å². The molecule has 7 heteroatoms. The number of aliphatic hydroxyl groups is 1. The summed E-state index contributed by atoms with van der Waals surface area (Å²) in [4.78, 5) is 14.5. The van der Waals surface area contributed by atoms with Gasteiger partial charge in [0.25, 0.3) is 5.91 Å². The van der Waals surface area contributed by atoms with Crippen LogP contribution in [0.25, 0.3) is 0 Å². The zero-order chi connectivity index (χ0) is 15.6. The zero-order valence-corrected chi connectivity index (χ0v) is 13.5. The van der Waals surface area contributed by atoms with Gasteiger partial charge in [0.2, 0.25) is 0 Å². The molecule has 0 spiro atoms. The van der Waals surface area contributed by atoms with Gasteiger partial charge in [0.15, 0.2) is 5.75 Å². The van der Waals surface area contributed by atoms with E-state index in [0.29, 0.717) is 29.2 Å². The molecule has 21 heavy (non-hydrogen) atoms. The molecule has 0 aromatic carbocycles. The van der Waals surface area contributed by atoms with Crippen molar-refractivity contribution in [3.63, 3.8) is 0 Å². The number of rotatable bonds is 4. The Hall–Kier alpha value is -1.47. The first-order valence-corrected chi connectivity index (χ1v) is 7.99. The number of hydrogen-bond donors (Lipinski definition) is 3. The molecule has 4 N–H and O–H groups in total. The second-order valence-corrected chi connectivity index (χ2v) is 6.44. The number of carbonyl (C=O) groups is 1. The third kappa shape index (κ3) is 3.41. The number of carbonyl (C=O) groups excluding carboxylic acids is 1. The molecule has 0 radical (unpaired) electrons. The number of nitrogen functional groups attached to an aromatic ring is 1. The van der Waals surface area contributed by atoms with E-state index >= 15 is 0 Å². The van der Waals surface area contributed by atoms with Gasteiger partial charge in [0.05, 0.1) is 12.2 Å². The summed E-state index contributed by atoms with van der Waals surface area (Å²) in [6, 6.07) is 0. The highest BCUT2D eigenvalue weighted by Gasteiger charge is 2.28. The third-order valence-corrected chi connectivity index (χ3v) is 4.67. The first-order chi connectivity index (χ1) is 9.93. The first-order valence-electron chi connectivity index (χ1n) is 7.18. The van der Waals surface area contributed by atoms with E-state index in [0.717, 1.165) is 18.1 Å². The SMILES string of the molecule is CNC(=O)c1sc(N2CCC(O)CC2)c(OC(C)C)c1N. The molecule has 118 valence electrons. The van der Waals surface area contributed by atoms with Crippen molar-refractivity contribution in [1.82, 2.24) is 5.32 Å². The number of thiophene rings is 1. The molecule has 0 aliphatic carbocycles. The molecule has 1 aromatic rings. The molecular weight excluding hydrogens is 290 g/mol. The Morgan fingerprint density at radius 2 is 2.10 bits per heavy atom. The molecule has 1 saturated heterocycles. The molecule has 0 atom stereocenters. The van der Waals surface area contributed by atoms with Crippen LogP contribution in [0.15, 0.2) is 0 Å². The zero-order valence-electron chi connectivity index (χ0n) is 12.7. The van der Waals surface area contributed by atoms with Gasteiger partial charge < -0.3 is 25.8 Å². The molecule has 1 aliphatic heterocycles. The number of anilines is 2. The van der Waals surface area contributed by atoms with Crippen molar-refractivity contribution in [3.05, 3.63) is 4.88 Å². The van der Waals surface area contributed by atoms with Gasteiger partial charge in [-0.25, -0.2) is 0 Å². The quantitative estimate of drug-likeness (QED) is 0.783. The van der Waals surface area contributed by atoms with Gasteiger partial charge in [-0.05, 0) is 26.7 Å². The van der Waals surface area contributed by atoms with E-state index in [1.165, 1.54) is 11.3 Å². The summed E-state index contributed by atoms with van der Waals surface area (Å²) >= 11 is 1.35. The Bertz CT molecular complexity index is 508. The predicted molar refractivity (Wildman–Crippen MR) is 85.3 cm³/mol. The highest BCUT2D eigenvalue weighted by atomic mass is 32.1. The van der Waals surface area contributed by atoms with E-state index in [-0.39, 0.29) is 18.1 Å². The number of nitrogens with one attached hydrogen (secondary N) is 1. The molecule has 0 saturated carbocycles. The summed E-state index contributed by atoms with van der Waals surface area (Å²) in [6.45, 7) is 5.34. The van der Waals surface area contributed by atoms with Crippen LogP contribution < -0.4 is 20.7 Å². The number of amides is 1. The largest absolute Gasteiger partial charge is 0.486 e. The summed E-state index contributed by atoms with van der Waals surface area (Å²) in [7, 11) is 1.58. The summed E-state index contributed by atoms with van der Waals surface area (Å²) in [5.74, 6) is 0.388. The van der Waals surface area contributed by atoms with Crippen molar-refractivity contribution in [2.75, 3.05) is 30.8 Å². The topological polar surface area (TPSA) is 87.8 Å². The average molecular weight is 313 g/mol. The van der Waals surface area contributed by atoms with Crippen LogP contribution in [0.1, 0.15) is 36.4 Å².